The van der Waals surface area contributed by atoms with Crippen LogP contribution in [0.5, 0.6) is 5.88 Å². The maximum atomic E-state index is 13.5. The van der Waals surface area contributed by atoms with Crippen LogP contribution < -0.4 is 4.74 Å². The number of esters is 1. The van der Waals surface area contributed by atoms with Crippen molar-refractivity contribution in [2.75, 3.05) is 13.2 Å². The van der Waals surface area contributed by atoms with Crippen molar-refractivity contribution in [2.45, 2.75) is 6.92 Å². The summed E-state index contributed by atoms with van der Waals surface area (Å²) in [6, 6.07) is 10.0. The normalized spacial score (nSPS) is 10.5. The quantitative estimate of drug-likeness (QED) is 0.389. The number of hydrogen-bond acceptors (Lipinski definition) is 6. The van der Waals surface area contributed by atoms with Crippen LogP contribution in [0.3, 0.4) is 0 Å². The second-order valence-corrected chi connectivity index (χ2v) is 5.02. The number of aromatic nitrogens is 4. The molecule has 3 heterocycles. The fraction of sp³-hybridized carbons (Fsp3) is 0.176. The first-order chi connectivity index (χ1) is 12.1. The van der Waals surface area contributed by atoms with Crippen LogP contribution in [0.15, 0.2) is 48.8 Å². The third-order valence-electron chi connectivity index (χ3n) is 3.21. The van der Waals surface area contributed by atoms with E-state index in [1.54, 1.807) is 35.1 Å². The number of rotatable bonds is 6. The van der Waals surface area contributed by atoms with E-state index < -0.39 is 5.95 Å². The fourth-order valence-electron chi connectivity index (χ4n) is 2.18. The van der Waals surface area contributed by atoms with Crippen LogP contribution in [-0.4, -0.2) is 38.9 Å². The molecule has 0 saturated heterocycles. The molecule has 0 unspecified atom stereocenters. The van der Waals surface area contributed by atoms with Crippen molar-refractivity contribution in [1.82, 2.24) is 19.7 Å². The Morgan fingerprint density at radius 2 is 2.04 bits per heavy atom. The number of nitrogens with zero attached hydrogens (tertiary/aromatic N) is 4. The lowest BCUT2D eigenvalue weighted by molar-refractivity contribution is -0.141. The molecule has 0 fully saturated rings. The average Bonchev–Trinajstić information content (AvgIpc) is 3.04. The molecule has 0 bridgehead atoms. The predicted octanol–water partition coefficient (Wildman–Crippen LogP) is 2.41. The first kappa shape index (κ1) is 16.6. The number of ether oxygens (including phenoxy) is 2. The Morgan fingerprint density at radius 3 is 2.76 bits per heavy atom. The zero-order valence-corrected chi connectivity index (χ0v) is 13.4. The molecule has 0 spiro atoms. The Balaban J connectivity index is 1.90. The van der Waals surface area contributed by atoms with E-state index >= 15 is 0 Å². The van der Waals surface area contributed by atoms with E-state index in [4.69, 9.17) is 9.47 Å². The molecule has 0 aliphatic carbocycles. The summed E-state index contributed by atoms with van der Waals surface area (Å²) in [4.78, 5) is 18.6. The summed E-state index contributed by atoms with van der Waals surface area (Å²) < 4.78 is 25.4. The summed E-state index contributed by atoms with van der Waals surface area (Å²) in [6.45, 7) is 1.60. The highest BCUT2D eigenvalue weighted by atomic mass is 19.1. The largest absolute Gasteiger partial charge is 0.473 e. The van der Waals surface area contributed by atoms with E-state index in [1.165, 1.54) is 19.2 Å². The highest BCUT2D eigenvalue weighted by Gasteiger charge is 2.14. The number of carbonyl (C=O) groups excluding carboxylic acids is 1. The molecule has 0 saturated carbocycles. The molecule has 0 N–H and O–H groups in total. The minimum atomic E-state index is -0.594. The van der Waals surface area contributed by atoms with Gasteiger partial charge >= 0.3 is 5.97 Å². The standard InChI is InChI=1S/C17H15FN4O3/c1-12(23)24-8-9-25-17-11-14(13-5-7-19-15(18)10-13)22(21-17)16-4-2-3-6-20-16/h2-7,10-11H,8-9H2,1H3. The fourth-order valence-corrected chi connectivity index (χ4v) is 2.18. The first-order valence-corrected chi connectivity index (χ1v) is 7.53. The van der Waals surface area contributed by atoms with Crippen molar-refractivity contribution in [2.24, 2.45) is 0 Å². The number of carbonyl (C=O) groups is 1. The minimum Gasteiger partial charge on any atom is -0.473 e. The zero-order valence-electron chi connectivity index (χ0n) is 13.4. The summed E-state index contributed by atoms with van der Waals surface area (Å²) in [5.74, 6) is -0.103. The Kier molecular flexibility index (Phi) is 4.98. The third-order valence-corrected chi connectivity index (χ3v) is 3.21. The van der Waals surface area contributed by atoms with E-state index in [0.29, 0.717) is 23.0 Å². The number of hydrogen-bond donors (Lipinski definition) is 0. The van der Waals surface area contributed by atoms with Crippen LogP contribution in [0.4, 0.5) is 4.39 Å². The molecular formula is C17H15FN4O3. The summed E-state index contributed by atoms with van der Waals surface area (Å²) in [5, 5.41) is 4.35. The van der Waals surface area contributed by atoms with E-state index in [2.05, 4.69) is 15.1 Å². The van der Waals surface area contributed by atoms with Crippen molar-refractivity contribution >= 4 is 5.97 Å². The van der Waals surface area contributed by atoms with Crippen LogP contribution >= 0.6 is 0 Å². The summed E-state index contributed by atoms with van der Waals surface area (Å²) in [5.41, 5.74) is 1.18. The molecule has 0 radical (unpaired) electrons. The highest BCUT2D eigenvalue weighted by molar-refractivity contribution is 5.65. The maximum absolute atomic E-state index is 13.5. The Labute approximate surface area is 143 Å². The molecule has 0 aromatic carbocycles. The topological polar surface area (TPSA) is 79.1 Å². The van der Waals surface area contributed by atoms with Crippen molar-refractivity contribution in [1.29, 1.82) is 0 Å². The lowest BCUT2D eigenvalue weighted by atomic mass is 10.2. The Morgan fingerprint density at radius 1 is 1.16 bits per heavy atom. The van der Waals surface area contributed by atoms with Gasteiger partial charge in [-0.3, -0.25) is 4.79 Å². The van der Waals surface area contributed by atoms with Crippen LogP contribution in [0.1, 0.15) is 6.92 Å². The van der Waals surface area contributed by atoms with Crippen LogP contribution in [-0.2, 0) is 9.53 Å². The van der Waals surface area contributed by atoms with Crippen molar-refractivity contribution < 1.29 is 18.7 Å². The molecule has 0 aliphatic rings. The van der Waals surface area contributed by atoms with Gasteiger partial charge in [-0.2, -0.15) is 4.39 Å². The monoisotopic (exact) mass is 342 g/mol. The molecule has 0 amide bonds. The third kappa shape index (κ3) is 4.17. The van der Waals surface area contributed by atoms with Gasteiger partial charge in [0.25, 0.3) is 0 Å². The van der Waals surface area contributed by atoms with Gasteiger partial charge in [-0.15, -0.1) is 5.10 Å². The minimum absolute atomic E-state index is 0.116. The van der Waals surface area contributed by atoms with Gasteiger partial charge in [0.1, 0.15) is 13.2 Å². The van der Waals surface area contributed by atoms with Gasteiger partial charge in [0, 0.05) is 37.0 Å². The summed E-state index contributed by atoms with van der Waals surface area (Å²) >= 11 is 0. The van der Waals surface area contributed by atoms with Crippen LogP contribution in [0.2, 0.25) is 0 Å². The first-order valence-electron chi connectivity index (χ1n) is 7.53. The smallest absolute Gasteiger partial charge is 0.302 e. The van der Waals surface area contributed by atoms with Gasteiger partial charge in [-0.1, -0.05) is 6.07 Å². The predicted molar refractivity (Wildman–Crippen MR) is 86.7 cm³/mol. The van der Waals surface area contributed by atoms with Gasteiger partial charge < -0.3 is 9.47 Å². The molecule has 3 rings (SSSR count). The zero-order chi connectivity index (χ0) is 17.6. The second-order valence-electron chi connectivity index (χ2n) is 5.02. The summed E-state index contributed by atoms with van der Waals surface area (Å²) in [6.07, 6.45) is 3.01. The molecule has 0 aliphatic heterocycles. The molecular weight excluding hydrogens is 327 g/mol. The van der Waals surface area contributed by atoms with E-state index in [-0.39, 0.29) is 19.2 Å². The SMILES string of the molecule is CC(=O)OCCOc1cc(-c2ccnc(F)c2)n(-c2ccccn2)n1. The van der Waals surface area contributed by atoms with Gasteiger partial charge in [0.05, 0.1) is 5.69 Å². The highest BCUT2D eigenvalue weighted by Crippen LogP contribution is 2.26. The van der Waals surface area contributed by atoms with Crippen molar-refractivity contribution in [3.8, 4) is 23.0 Å². The van der Waals surface area contributed by atoms with Gasteiger partial charge in [-0.25, -0.2) is 14.6 Å². The summed E-state index contributed by atoms with van der Waals surface area (Å²) in [7, 11) is 0. The lowest BCUT2D eigenvalue weighted by Crippen LogP contribution is -2.10. The molecule has 7 nitrogen and oxygen atoms in total. The second kappa shape index (κ2) is 7.52. The number of halogens is 1. The Bertz CT molecular complexity index is 867. The molecule has 3 aromatic heterocycles. The molecule has 0 atom stereocenters. The van der Waals surface area contributed by atoms with Crippen LogP contribution in [0, 0.1) is 5.95 Å². The van der Waals surface area contributed by atoms with Gasteiger partial charge in [-0.05, 0) is 18.2 Å². The van der Waals surface area contributed by atoms with Gasteiger partial charge in [0.15, 0.2) is 5.82 Å². The van der Waals surface area contributed by atoms with Gasteiger partial charge in [0.2, 0.25) is 11.8 Å². The molecule has 128 valence electrons. The number of pyridine rings is 2. The van der Waals surface area contributed by atoms with E-state index in [0.717, 1.165) is 0 Å². The Hall–Kier alpha value is -3.29. The lowest BCUT2D eigenvalue weighted by Gasteiger charge is -2.05. The van der Waals surface area contributed by atoms with E-state index in [1.807, 2.05) is 6.07 Å². The molecule has 25 heavy (non-hydrogen) atoms. The van der Waals surface area contributed by atoms with Crippen LogP contribution in [0.25, 0.3) is 17.1 Å². The van der Waals surface area contributed by atoms with Crippen molar-refractivity contribution in [3.63, 3.8) is 0 Å². The van der Waals surface area contributed by atoms with Crippen molar-refractivity contribution in [3.05, 3.63) is 54.7 Å². The molecule has 3 aromatic rings. The van der Waals surface area contributed by atoms with E-state index in [9.17, 15) is 9.18 Å². The average molecular weight is 342 g/mol. The molecule has 8 heteroatoms. The maximum Gasteiger partial charge on any atom is 0.302 e.